The van der Waals surface area contributed by atoms with Crippen LogP contribution in [0.4, 0.5) is 0 Å². The van der Waals surface area contributed by atoms with Gasteiger partial charge in [0, 0.05) is 13.1 Å². The van der Waals surface area contributed by atoms with Crippen LogP contribution in [0.15, 0.2) is 0 Å². The van der Waals surface area contributed by atoms with Crippen LogP contribution in [0.5, 0.6) is 0 Å². The van der Waals surface area contributed by atoms with Crippen LogP contribution in [0.1, 0.15) is 19.8 Å². The molecule has 1 saturated heterocycles. The molecule has 1 rings (SSSR count). The van der Waals surface area contributed by atoms with Crippen molar-refractivity contribution in [2.45, 2.75) is 25.9 Å². The molecule has 0 radical (unpaired) electrons. The molecule has 1 atom stereocenters. The molecule has 1 fully saturated rings. The summed E-state index contributed by atoms with van der Waals surface area (Å²) in [6, 6.07) is 0. The van der Waals surface area contributed by atoms with Crippen molar-refractivity contribution in [2.75, 3.05) is 32.8 Å². The number of ether oxygens (including phenoxy) is 1. The minimum Gasteiger partial charge on any atom is -0.376 e. The van der Waals surface area contributed by atoms with E-state index in [9.17, 15) is 0 Å². The first-order valence-electron chi connectivity index (χ1n) is 4.87. The Morgan fingerprint density at radius 1 is 1.42 bits per heavy atom. The fourth-order valence-electron chi connectivity index (χ4n) is 1.46. The van der Waals surface area contributed by atoms with Gasteiger partial charge in [0.05, 0.1) is 12.7 Å². The molecule has 1 aliphatic heterocycles. The lowest BCUT2D eigenvalue weighted by Gasteiger charge is -2.16. The van der Waals surface area contributed by atoms with E-state index in [0.29, 0.717) is 6.54 Å². The maximum atomic E-state index is 5.49. The van der Waals surface area contributed by atoms with Crippen LogP contribution in [0.3, 0.4) is 0 Å². The molecule has 0 aliphatic carbocycles. The molecule has 3 heteroatoms. The van der Waals surface area contributed by atoms with Gasteiger partial charge in [-0.05, 0) is 32.9 Å². The summed E-state index contributed by atoms with van der Waals surface area (Å²) in [7, 11) is 0. The summed E-state index contributed by atoms with van der Waals surface area (Å²) >= 11 is 0. The Morgan fingerprint density at radius 3 is 2.67 bits per heavy atom. The second-order valence-electron chi connectivity index (χ2n) is 3.47. The maximum Gasteiger partial charge on any atom is 0.0669 e. The summed E-state index contributed by atoms with van der Waals surface area (Å²) in [6.07, 6.45) is 2.92. The number of likely N-dealkylation sites (tertiary alicyclic amines) is 1. The molecular formula is C9H20N2O. The highest BCUT2D eigenvalue weighted by atomic mass is 16.5. The Kier molecular flexibility index (Phi) is 4.58. The van der Waals surface area contributed by atoms with Crippen molar-refractivity contribution in [1.29, 1.82) is 0 Å². The van der Waals surface area contributed by atoms with Crippen LogP contribution >= 0.6 is 0 Å². The Balaban J connectivity index is 1.94. The molecule has 0 bridgehead atoms. The van der Waals surface area contributed by atoms with Gasteiger partial charge in [-0.15, -0.1) is 0 Å². The van der Waals surface area contributed by atoms with Crippen molar-refractivity contribution < 1.29 is 4.74 Å². The van der Waals surface area contributed by atoms with Crippen molar-refractivity contribution in [2.24, 2.45) is 5.73 Å². The molecule has 0 spiro atoms. The van der Waals surface area contributed by atoms with Gasteiger partial charge in [-0.1, -0.05) is 0 Å². The monoisotopic (exact) mass is 172 g/mol. The fourth-order valence-corrected chi connectivity index (χ4v) is 1.46. The molecule has 2 N–H and O–H groups in total. The van der Waals surface area contributed by atoms with E-state index in [-0.39, 0.29) is 6.10 Å². The van der Waals surface area contributed by atoms with E-state index in [1.165, 1.54) is 25.9 Å². The lowest BCUT2D eigenvalue weighted by Crippen LogP contribution is -2.28. The number of rotatable bonds is 5. The SMILES string of the molecule is CC(CN)OCCN1CCCC1. The molecule has 0 aromatic rings. The molecule has 0 saturated carbocycles. The van der Waals surface area contributed by atoms with E-state index in [4.69, 9.17) is 10.5 Å². The van der Waals surface area contributed by atoms with E-state index < -0.39 is 0 Å². The standard InChI is InChI=1S/C9H20N2O/c1-9(8-10)12-7-6-11-4-2-3-5-11/h9H,2-8,10H2,1H3. The quantitative estimate of drug-likeness (QED) is 0.654. The molecule has 0 aromatic heterocycles. The molecule has 1 unspecified atom stereocenters. The number of hydrogen-bond acceptors (Lipinski definition) is 3. The summed E-state index contributed by atoms with van der Waals surface area (Å²) < 4.78 is 5.49. The van der Waals surface area contributed by atoms with Gasteiger partial charge in [-0.3, -0.25) is 0 Å². The van der Waals surface area contributed by atoms with Crippen molar-refractivity contribution in [3.05, 3.63) is 0 Å². The van der Waals surface area contributed by atoms with E-state index in [0.717, 1.165) is 13.2 Å². The normalized spacial score (nSPS) is 21.5. The molecule has 3 nitrogen and oxygen atoms in total. The van der Waals surface area contributed by atoms with Crippen LogP contribution in [0, 0.1) is 0 Å². The van der Waals surface area contributed by atoms with E-state index in [1.54, 1.807) is 0 Å². The third-order valence-electron chi connectivity index (χ3n) is 2.34. The Labute approximate surface area is 74.9 Å². The number of hydrogen-bond donors (Lipinski definition) is 1. The molecule has 12 heavy (non-hydrogen) atoms. The summed E-state index contributed by atoms with van der Waals surface area (Å²) in [5, 5.41) is 0. The minimum atomic E-state index is 0.215. The highest BCUT2D eigenvalue weighted by molar-refractivity contribution is 4.65. The molecule has 0 amide bonds. The summed E-state index contributed by atoms with van der Waals surface area (Å²) in [4.78, 5) is 2.45. The summed E-state index contributed by atoms with van der Waals surface area (Å²) in [5.41, 5.74) is 5.43. The third-order valence-corrected chi connectivity index (χ3v) is 2.34. The maximum absolute atomic E-state index is 5.49. The van der Waals surface area contributed by atoms with Crippen LogP contribution in [0.25, 0.3) is 0 Å². The lowest BCUT2D eigenvalue weighted by atomic mass is 10.4. The van der Waals surface area contributed by atoms with Gasteiger partial charge in [-0.2, -0.15) is 0 Å². The molecule has 0 aromatic carbocycles. The average molecular weight is 172 g/mol. The Hall–Kier alpha value is -0.120. The summed E-state index contributed by atoms with van der Waals surface area (Å²) in [6.45, 7) is 7.05. The minimum absolute atomic E-state index is 0.215. The lowest BCUT2D eigenvalue weighted by molar-refractivity contribution is 0.0575. The average Bonchev–Trinajstić information content (AvgIpc) is 2.57. The van der Waals surface area contributed by atoms with E-state index in [1.807, 2.05) is 6.92 Å². The molecule has 1 heterocycles. The van der Waals surface area contributed by atoms with E-state index >= 15 is 0 Å². The van der Waals surface area contributed by atoms with Gasteiger partial charge in [0.15, 0.2) is 0 Å². The van der Waals surface area contributed by atoms with Crippen LogP contribution in [0.2, 0.25) is 0 Å². The first-order chi connectivity index (χ1) is 5.83. The summed E-state index contributed by atoms with van der Waals surface area (Å²) in [5.74, 6) is 0. The van der Waals surface area contributed by atoms with Crippen molar-refractivity contribution in [1.82, 2.24) is 4.90 Å². The van der Waals surface area contributed by atoms with Gasteiger partial charge in [0.1, 0.15) is 0 Å². The first kappa shape index (κ1) is 9.96. The predicted octanol–water partition coefficient (Wildman–Crippen LogP) is 0.446. The zero-order chi connectivity index (χ0) is 8.81. The highest BCUT2D eigenvalue weighted by Gasteiger charge is 2.10. The van der Waals surface area contributed by atoms with Gasteiger partial charge in [0.2, 0.25) is 0 Å². The van der Waals surface area contributed by atoms with Crippen molar-refractivity contribution in [3.8, 4) is 0 Å². The number of nitrogens with two attached hydrogens (primary N) is 1. The van der Waals surface area contributed by atoms with Crippen LogP contribution in [-0.2, 0) is 4.74 Å². The topological polar surface area (TPSA) is 38.5 Å². The Bertz CT molecular complexity index is 113. The van der Waals surface area contributed by atoms with Gasteiger partial charge in [0.25, 0.3) is 0 Å². The smallest absolute Gasteiger partial charge is 0.0669 e. The van der Waals surface area contributed by atoms with Gasteiger partial charge in [-0.25, -0.2) is 0 Å². The second kappa shape index (κ2) is 5.51. The second-order valence-corrected chi connectivity index (χ2v) is 3.47. The fraction of sp³-hybridized carbons (Fsp3) is 1.00. The third kappa shape index (κ3) is 3.52. The van der Waals surface area contributed by atoms with Crippen LogP contribution < -0.4 is 5.73 Å². The van der Waals surface area contributed by atoms with Gasteiger partial charge < -0.3 is 15.4 Å². The van der Waals surface area contributed by atoms with Crippen molar-refractivity contribution >= 4 is 0 Å². The zero-order valence-corrected chi connectivity index (χ0v) is 7.96. The molecule has 1 aliphatic rings. The van der Waals surface area contributed by atoms with E-state index in [2.05, 4.69) is 4.90 Å². The largest absolute Gasteiger partial charge is 0.376 e. The highest BCUT2D eigenvalue weighted by Crippen LogP contribution is 2.06. The number of nitrogens with zero attached hydrogens (tertiary/aromatic N) is 1. The predicted molar refractivity (Wildman–Crippen MR) is 50.1 cm³/mol. The molecule has 72 valence electrons. The van der Waals surface area contributed by atoms with Crippen molar-refractivity contribution in [3.63, 3.8) is 0 Å². The Morgan fingerprint density at radius 2 is 2.08 bits per heavy atom. The molecular weight excluding hydrogens is 152 g/mol. The first-order valence-corrected chi connectivity index (χ1v) is 4.87. The van der Waals surface area contributed by atoms with Crippen LogP contribution in [-0.4, -0.2) is 43.8 Å². The zero-order valence-electron chi connectivity index (χ0n) is 7.96. The van der Waals surface area contributed by atoms with Gasteiger partial charge >= 0.3 is 0 Å².